The molecule has 0 saturated carbocycles. The van der Waals surface area contributed by atoms with Crippen LogP contribution in [0.2, 0.25) is 5.02 Å². The molecular formula is C19H21ClF3N5O2. The van der Waals surface area contributed by atoms with Gasteiger partial charge in [0.15, 0.2) is 0 Å². The van der Waals surface area contributed by atoms with Crippen molar-refractivity contribution in [1.29, 1.82) is 0 Å². The van der Waals surface area contributed by atoms with Crippen molar-refractivity contribution >= 4 is 29.2 Å². The molecule has 0 fully saturated rings. The van der Waals surface area contributed by atoms with Crippen LogP contribution >= 0.6 is 11.6 Å². The number of hydrogen-bond acceptors (Lipinski definition) is 5. The van der Waals surface area contributed by atoms with E-state index in [2.05, 4.69) is 20.3 Å². The lowest BCUT2D eigenvalue weighted by Crippen LogP contribution is -2.22. The minimum Gasteiger partial charge on any atom is -0.472 e. The van der Waals surface area contributed by atoms with Crippen LogP contribution in [0.4, 0.5) is 19.0 Å². The van der Waals surface area contributed by atoms with E-state index in [1.54, 1.807) is 32.9 Å². The SMILES string of the molecule is CCC(=O)Nc1cc(C(N)=NC[C@@H](C)Oc2ncc(C(F)(F)F)cc2Cl)cc(C)n1. The summed E-state index contributed by atoms with van der Waals surface area (Å²) in [5.74, 6) is 0.238. The molecule has 0 radical (unpaired) electrons. The van der Waals surface area contributed by atoms with Crippen LogP contribution in [0, 0.1) is 6.92 Å². The third kappa shape index (κ3) is 6.58. The van der Waals surface area contributed by atoms with E-state index in [4.69, 9.17) is 22.1 Å². The second-order valence-electron chi connectivity index (χ2n) is 6.45. The van der Waals surface area contributed by atoms with Crippen LogP contribution < -0.4 is 15.8 Å². The molecule has 2 aromatic heterocycles. The third-order valence-corrected chi connectivity index (χ3v) is 4.07. The molecule has 11 heteroatoms. The summed E-state index contributed by atoms with van der Waals surface area (Å²) in [7, 11) is 0. The van der Waals surface area contributed by atoms with Crippen molar-refractivity contribution in [3.8, 4) is 5.88 Å². The summed E-state index contributed by atoms with van der Waals surface area (Å²) in [6.07, 6.45) is -4.15. The summed E-state index contributed by atoms with van der Waals surface area (Å²) in [4.78, 5) is 23.6. The highest BCUT2D eigenvalue weighted by Crippen LogP contribution is 2.33. The molecule has 0 aliphatic carbocycles. The summed E-state index contributed by atoms with van der Waals surface area (Å²) < 4.78 is 43.5. The van der Waals surface area contributed by atoms with Gasteiger partial charge < -0.3 is 15.8 Å². The van der Waals surface area contributed by atoms with Crippen LogP contribution in [-0.2, 0) is 11.0 Å². The highest BCUT2D eigenvalue weighted by Gasteiger charge is 2.31. The topological polar surface area (TPSA) is 102 Å². The summed E-state index contributed by atoms with van der Waals surface area (Å²) in [6.45, 7) is 5.23. The van der Waals surface area contributed by atoms with Gasteiger partial charge in [-0.15, -0.1) is 0 Å². The number of aromatic nitrogens is 2. The number of rotatable bonds is 7. The number of amides is 1. The number of aliphatic imine (C=N–C) groups is 1. The number of amidine groups is 1. The number of halogens is 4. The van der Waals surface area contributed by atoms with E-state index in [1.807, 2.05) is 0 Å². The molecule has 2 rings (SSSR count). The molecule has 0 saturated heterocycles. The lowest BCUT2D eigenvalue weighted by Gasteiger charge is -2.14. The molecule has 2 aromatic rings. The van der Waals surface area contributed by atoms with E-state index in [-0.39, 0.29) is 29.2 Å². The predicted molar refractivity (Wildman–Crippen MR) is 108 cm³/mol. The molecule has 0 aromatic carbocycles. The van der Waals surface area contributed by atoms with Gasteiger partial charge in [-0.1, -0.05) is 18.5 Å². The Morgan fingerprint density at radius 1 is 1.37 bits per heavy atom. The zero-order valence-electron chi connectivity index (χ0n) is 16.5. The summed E-state index contributed by atoms with van der Waals surface area (Å²) in [6, 6.07) is 4.06. The van der Waals surface area contributed by atoms with Gasteiger partial charge in [0.25, 0.3) is 0 Å². The highest BCUT2D eigenvalue weighted by atomic mass is 35.5. The molecule has 0 aliphatic heterocycles. The van der Waals surface area contributed by atoms with E-state index in [9.17, 15) is 18.0 Å². The maximum atomic E-state index is 12.7. The number of alkyl halides is 3. The van der Waals surface area contributed by atoms with Crippen LogP contribution in [0.25, 0.3) is 0 Å². The first-order chi connectivity index (χ1) is 14.0. The molecule has 0 spiro atoms. The van der Waals surface area contributed by atoms with Gasteiger partial charge in [0.05, 0.1) is 12.1 Å². The van der Waals surface area contributed by atoms with E-state index in [0.29, 0.717) is 29.7 Å². The van der Waals surface area contributed by atoms with E-state index >= 15 is 0 Å². The van der Waals surface area contributed by atoms with Crippen LogP contribution in [0.15, 0.2) is 29.4 Å². The number of pyridine rings is 2. The number of anilines is 1. The molecule has 7 nitrogen and oxygen atoms in total. The zero-order valence-corrected chi connectivity index (χ0v) is 17.3. The Morgan fingerprint density at radius 3 is 2.67 bits per heavy atom. The number of aryl methyl sites for hydroxylation is 1. The van der Waals surface area contributed by atoms with Crippen molar-refractivity contribution in [2.24, 2.45) is 10.7 Å². The number of nitrogens with one attached hydrogen (secondary N) is 1. The average molecular weight is 444 g/mol. The number of nitrogens with zero attached hydrogens (tertiary/aromatic N) is 3. The van der Waals surface area contributed by atoms with Crippen molar-refractivity contribution in [2.45, 2.75) is 39.5 Å². The van der Waals surface area contributed by atoms with E-state index in [0.717, 1.165) is 6.07 Å². The normalized spacial score (nSPS) is 13.1. The number of carbonyl (C=O) groups excluding carboxylic acids is 1. The fourth-order valence-electron chi connectivity index (χ4n) is 2.32. The van der Waals surface area contributed by atoms with Gasteiger partial charge >= 0.3 is 6.18 Å². The van der Waals surface area contributed by atoms with Crippen molar-refractivity contribution in [3.05, 3.63) is 46.2 Å². The van der Waals surface area contributed by atoms with Crippen molar-refractivity contribution in [1.82, 2.24) is 9.97 Å². The standard InChI is InChI=1S/C19H21ClF3N5O2/c1-4-16(29)28-15-6-12(5-10(2)27-15)17(24)25-8-11(3)30-18-14(20)7-13(9-26-18)19(21,22)23/h5-7,9,11H,4,8H2,1-3H3,(H2,24,25)(H,27,28,29)/t11-/m1/s1. The van der Waals surface area contributed by atoms with Crippen molar-refractivity contribution in [2.75, 3.05) is 11.9 Å². The second-order valence-corrected chi connectivity index (χ2v) is 6.85. The van der Waals surface area contributed by atoms with Gasteiger partial charge in [-0.05, 0) is 32.0 Å². The fraction of sp³-hybridized carbons (Fsp3) is 0.368. The van der Waals surface area contributed by atoms with Crippen LogP contribution in [0.5, 0.6) is 5.88 Å². The lowest BCUT2D eigenvalue weighted by atomic mass is 10.2. The Labute approximate surface area is 176 Å². The fourth-order valence-corrected chi connectivity index (χ4v) is 2.54. The molecule has 1 amide bonds. The lowest BCUT2D eigenvalue weighted by molar-refractivity contribution is -0.137. The number of carbonyl (C=O) groups is 1. The van der Waals surface area contributed by atoms with Gasteiger partial charge in [-0.2, -0.15) is 13.2 Å². The first-order valence-corrected chi connectivity index (χ1v) is 9.35. The van der Waals surface area contributed by atoms with Gasteiger partial charge in [0, 0.05) is 23.9 Å². The Kier molecular flexibility index (Phi) is 7.60. The van der Waals surface area contributed by atoms with Crippen LogP contribution in [0.1, 0.15) is 37.1 Å². The number of ether oxygens (including phenoxy) is 1. The summed E-state index contributed by atoms with van der Waals surface area (Å²) >= 11 is 5.84. The molecule has 0 bridgehead atoms. The van der Waals surface area contributed by atoms with E-state index in [1.165, 1.54) is 0 Å². The summed E-state index contributed by atoms with van der Waals surface area (Å²) in [5.41, 5.74) is 6.26. The predicted octanol–water partition coefficient (Wildman–Crippen LogP) is 3.98. The smallest absolute Gasteiger partial charge is 0.417 e. The maximum Gasteiger partial charge on any atom is 0.417 e. The number of nitrogens with two attached hydrogens (primary N) is 1. The first-order valence-electron chi connectivity index (χ1n) is 8.97. The van der Waals surface area contributed by atoms with Gasteiger partial charge in [-0.25, -0.2) is 9.97 Å². The second kappa shape index (κ2) is 9.75. The monoisotopic (exact) mass is 443 g/mol. The molecule has 0 aliphatic rings. The molecular weight excluding hydrogens is 423 g/mol. The molecule has 3 N–H and O–H groups in total. The third-order valence-electron chi connectivity index (χ3n) is 3.80. The van der Waals surface area contributed by atoms with Crippen LogP contribution in [-0.4, -0.2) is 34.4 Å². The number of hydrogen-bond donors (Lipinski definition) is 2. The molecule has 1 atom stereocenters. The zero-order chi connectivity index (χ0) is 22.5. The Balaban J connectivity index is 2.07. The Bertz CT molecular complexity index is 950. The van der Waals surface area contributed by atoms with Crippen LogP contribution in [0.3, 0.4) is 0 Å². The molecule has 2 heterocycles. The quantitative estimate of drug-likeness (QED) is 0.497. The first kappa shape index (κ1) is 23.4. The maximum absolute atomic E-state index is 12.7. The van der Waals surface area contributed by atoms with Crippen molar-refractivity contribution < 1.29 is 22.7 Å². The van der Waals surface area contributed by atoms with E-state index < -0.39 is 17.8 Å². The average Bonchev–Trinajstić information content (AvgIpc) is 2.66. The minimum atomic E-state index is -4.54. The Hall–Kier alpha value is -2.88. The molecule has 0 unspecified atom stereocenters. The van der Waals surface area contributed by atoms with Gasteiger partial charge in [-0.3, -0.25) is 9.79 Å². The highest BCUT2D eigenvalue weighted by molar-refractivity contribution is 6.31. The molecule has 30 heavy (non-hydrogen) atoms. The van der Waals surface area contributed by atoms with Gasteiger partial charge in [0.1, 0.15) is 22.8 Å². The largest absolute Gasteiger partial charge is 0.472 e. The Morgan fingerprint density at radius 2 is 2.07 bits per heavy atom. The summed E-state index contributed by atoms with van der Waals surface area (Å²) in [5, 5.41) is 2.40. The molecule has 162 valence electrons. The van der Waals surface area contributed by atoms with Gasteiger partial charge in [0.2, 0.25) is 11.8 Å². The minimum absolute atomic E-state index is 0.100. The van der Waals surface area contributed by atoms with Crippen molar-refractivity contribution in [3.63, 3.8) is 0 Å².